The summed E-state index contributed by atoms with van der Waals surface area (Å²) in [5.74, 6) is 0. The van der Waals surface area contributed by atoms with Crippen LogP contribution in [0.3, 0.4) is 0 Å². The van der Waals surface area contributed by atoms with Gasteiger partial charge in [0.25, 0.3) is 0 Å². The molecule has 1 N–H and O–H groups in total. The Morgan fingerprint density at radius 1 is 1.21 bits per heavy atom. The Morgan fingerprint density at radius 2 is 2.00 bits per heavy atom. The van der Waals surface area contributed by atoms with Gasteiger partial charge in [-0.25, -0.2) is 0 Å². The van der Waals surface area contributed by atoms with Gasteiger partial charge < -0.3 is 14.6 Å². The third kappa shape index (κ3) is 4.40. The first kappa shape index (κ1) is 12.0. The fraction of sp³-hybridized carbons (Fsp3) is 1.00. The summed E-state index contributed by atoms with van der Waals surface area (Å²) in [6.45, 7) is 4.04. The second-order valence-corrected chi connectivity index (χ2v) is 4.00. The van der Waals surface area contributed by atoms with Crippen LogP contribution in [0.4, 0.5) is 0 Å². The second kappa shape index (κ2) is 6.38. The normalized spacial score (nSPS) is 33.2. The Kier molecular flexibility index (Phi) is 5.45. The number of rotatable bonds is 5. The Labute approximate surface area is 86.4 Å². The highest BCUT2D eigenvalue weighted by Crippen LogP contribution is 2.21. The van der Waals surface area contributed by atoms with Gasteiger partial charge in [0.2, 0.25) is 0 Å². The summed E-state index contributed by atoms with van der Waals surface area (Å²) in [5.41, 5.74) is 0. The molecule has 1 saturated heterocycles. The van der Waals surface area contributed by atoms with E-state index in [-0.39, 0.29) is 12.4 Å². The van der Waals surface area contributed by atoms with E-state index in [0.29, 0.717) is 6.42 Å². The zero-order valence-corrected chi connectivity index (χ0v) is 9.24. The first-order valence-corrected chi connectivity index (χ1v) is 5.71. The van der Waals surface area contributed by atoms with Crippen molar-refractivity contribution in [3.05, 3.63) is 0 Å². The van der Waals surface area contributed by atoms with Gasteiger partial charge in [-0.2, -0.15) is 0 Å². The van der Waals surface area contributed by atoms with Crippen LogP contribution in [-0.2, 0) is 9.47 Å². The molecular weight excluding hydrogens is 180 g/mol. The third-order valence-electron chi connectivity index (χ3n) is 2.58. The largest absolute Gasteiger partial charge is 0.368 e. The van der Waals surface area contributed by atoms with Crippen LogP contribution in [0.5, 0.6) is 0 Å². The predicted molar refractivity (Wildman–Crippen MR) is 54.8 cm³/mol. The molecular formula is C11H22O3. The molecule has 84 valence electrons. The molecule has 0 aromatic heterocycles. The molecule has 0 amide bonds. The van der Waals surface area contributed by atoms with Crippen molar-refractivity contribution in [3.63, 3.8) is 0 Å². The smallest absolute Gasteiger partial charge is 0.160 e. The molecule has 0 aliphatic carbocycles. The molecule has 1 rings (SSSR count). The molecule has 3 atom stereocenters. The SMILES string of the molecule is CCCCCC[C@H]1C[C@@H](O)O[C@@H](C)O1. The summed E-state index contributed by atoms with van der Waals surface area (Å²) in [6, 6.07) is 0. The van der Waals surface area contributed by atoms with Crippen LogP contribution in [0, 0.1) is 0 Å². The quantitative estimate of drug-likeness (QED) is 0.696. The van der Waals surface area contributed by atoms with Gasteiger partial charge in [0.1, 0.15) is 0 Å². The summed E-state index contributed by atoms with van der Waals surface area (Å²) in [5, 5.41) is 9.35. The highest BCUT2D eigenvalue weighted by Gasteiger charge is 2.25. The van der Waals surface area contributed by atoms with Crippen molar-refractivity contribution in [2.75, 3.05) is 0 Å². The zero-order chi connectivity index (χ0) is 10.4. The van der Waals surface area contributed by atoms with Gasteiger partial charge in [0.05, 0.1) is 6.10 Å². The fourth-order valence-corrected chi connectivity index (χ4v) is 1.84. The average molecular weight is 202 g/mol. The Balaban J connectivity index is 2.10. The van der Waals surface area contributed by atoms with E-state index >= 15 is 0 Å². The third-order valence-corrected chi connectivity index (χ3v) is 2.58. The molecule has 0 aromatic rings. The molecule has 0 saturated carbocycles. The lowest BCUT2D eigenvalue weighted by molar-refractivity contribution is -0.287. The van der Waals surface area contributed by atoms with E-state index in [4.69, 9.17) is 9.47 Å². The molecule has 1 fully saturated rings. The molecule has 0 unspecified atom stereocenters. The molecule has 0 aromatic carbocycles. The maximum Gasteiger partial charge on any atom is 0.160 e. The molecule has 1 aliphatic rings. The van der Waals surface area contributed by atoms with Crippen molar-refractivity contribution >= 4 is 0 Å². The van der Waals surface area contributed by atoms with E-state index in [0.717, 1.165) is 6.42 Å². The van der Waals surface area contributed by atoms with Crippen molar-refractivity contribution in [2.24, 2.45) is 0 Å². The maximum atomic E-state index is 9.35. The van der Waals surface area contributed by atoms with Crippen molar-refractivity contribution in [1.29, 1.82) is 0 Å². The van der Waals surface area contributed by atoms with Crippen LogP contribution in [0.2, 0.25) is 0 Å². The van der Waals surface area contributed by atoms with Crippen LogP contribution in [0.15, 0.2) is 0 Å². The summed E-state index contributed by atoms with van der Waals surface area (Å²) < 4.78 is 10.6. The number of aliphatic hydroxyl groups is 1. The summed E-state index contributed by atoms with van der Waals surface area (Å²) >= 11 is 0. The van der Waals surface area contributed by atoms with Crippen molar-refractivity contribution in [3.8, 4) is 0 Å². The maximum absolute atomic E-state index is 9.35. The van der Waals surface area contributed by atoms with Crippen LogP contribution >= 0.6 is 0 Å². The highest BCUT2D eigenvalue weighted by molar-refractivity contribution is 4.65. The fourth-order valence-electron chi connectivity index (χ4n) is 1.84. The number of aliphatic hydroxyl groups excluding tert-OH is 1. The minimum Gasteiger partial charge on any atom is -0.368 e. The molecule has 0 bridgehead atoms. The van der Waals surface area contributed by atoms with E-state index in [2.05, 4.69) is 6.92 Å². The molecule has 1 aliphatic heterocycles. The second-order valence-electron chi connectivity index (χ2n) is 4.00. The molecule has 0 radical (unpaired) electrons. The summed E-state index contributed by atoms with van der Waals surface area (Å²) in [7, 11) is 0. The van der Waals surface area contributed by atoms with E-state index in [9.17, 15) is 5.11 Å². The van der Waals surface area contributed by atoms with Gasteiger partial charge in [-0.3, -0.25) is 0 Å². The molecule has 1 heterocycles. The average Bonchev–Trinajstić information content (AvgIpc) is 2.11. The lowest BCUT2D eigenvalue weighted by Gasteiger charge is -2.31. The first-order valence-electron chi connectivity index (χ1n) is 5.71. The molecule has 3 heteroatoms. The predicted octanol–water partition coefficient (Wildman–Crippen LogP) is 2.43. The number of ether oxygens (including phenoxy) is 2. The Hall–Kier alpha value is -0.120. The molecule has 3 nitrogen and oxygen atoms in total. The van der Waals surface area contributed by atoms with Gasteiger partial charge in [-0.15, -0.1) is 0 Å². The van der Waals surface area contributed by atoms with Gasteiger partial charge in [0.15, 0.2) is 12.6 Å². The van der Waals surface area contributed by atoms with Crippen molar-refractivity contribution in [2.45, 2.75) is 71.1 Å². The van der Waals surface area contributed by atoms with Crippen LogP contribution < -0.4 is 0 Å². The topological polar surface area (TPSA) is 38.7 Å². The molecule has 14 heavy (non-hydrogen) atoms. The lowest BCUT2D eigenvalue weighted by Crippen LogP contribution is -2.36. The van der Waals surface area contributed by atoms with Crippen LogP contribution in [0.25, 0.3) is 0 Å². The Bertz CT molecular complexity index is 139. The van der Waals surface area contributed by atoms with Gasteiger partial charge >= 0.3 is 0 Å². The van der Waals surface area contributed by atoms with Crippen molar-refractivity contribution < 1.29 is 14.6 Å². The van der Waals surface area contributed by atoms with E-state index in [1.54, 1.807) is 0 Å². The highest BCUT2D eigenvalue weighted by atomic mass is 16.7. The van der Waals surface area contributed by atoms with Crippen molar-refractivity contribution in [1.82, 2.24) is 0 Å². The van der Waals surface area contributed by atoms with E-state index < -0.39 is 6.29 Å². The van der Waals surface area contributed by atoms with Gasteiger partial charge in [-0.05, 0) is 13.3 Å². The standard InChI is InChI=1S/C11H22O3/c1-3-4-5-6-7-10-8-11(12)14-9(2)13-10/h9-12H,3-8H2,1-2H3/t9-,10-,11-/m0/s1. The summed E-state index contributed by atoms with van der Waals surface area (Å²) in [4.78, 5) is 0. The van der Waals surface area contributed by atoms with E-state index in [1.807, 2.05) is 6.92 Å². The monoisotopic (exact) mass is 202 g/mol. The zero-order valence-electron chi connectivity index (χ0n) is 9.24. The minimum atomic E-state index is -0.630. The van der Waals surface area contributed by atoms with E-state index in [1.165, 1.54) is 25.7 Å². The van der Waals surface area contributed by atoms with Crippen LogP contribution in [0.1, 0.15) is 52.4 Å². The number of unbranched alkanes of at least 4 members (excludes halogenated alkanes) is 3. The lowest BCUT2D eigenvalue weighted by atomic mass is 10.1. The first-order chi connectivity index (χ1) is 6.72. The van der Waals surface area contributed by atoms with Gasteiger partial charge in [-0.1, -0.05) is 32.6 Å². The number of hydrogen-bond acceptors (Lipinski definition) is 3. The molecule has 0 spiro atoms. The van der Waals surface area contributed by atoms with Crippen LogP contribution in [-0.4, -0.2) is 23.8 Å². The minimum absolute atomic E-state index is 0.186. The van der Waals surface area contributed by atoms with Gasteiger partial charge in [0, 0.05) is 6.42 Å². The Morgan fingerprint density at radius 3 is 2.64 bits per heavy atom. The number of hydrogen-bond donors (Lipinski definition) is 1. The summed E-state index contributed by atoms with van der Waals surface area (Å²) in [6.07, 6.45) is 5.98.